The van der Waals surface area contributed by atoms with Crippen molar-refractivity contribution in [2.45, 2.75) is 57.5 Å². The Morgan fingerprint density at radius 2 is 1.76 bits per heavy atom. The number of hydrogen-bond acceptors (Lipinski definition) is 4. The van der Waals surface area contributed by atoms with Crippen molar-refractivity contribution in [1.29, 1.82) is 0 Å². The van der Waals surface area contributed by atoms with E-state index in [-0.39, 0.29) is 35.9 Å². The molecule has 25 heavy (non-hydrogen) atoms. The number of methoxy groups -OCH3 is 1. The van der Waals surface area contributed by atoms with Crippen molar-refractivity contribution >= 4 is 35.9 Å². The molecular weight excluding hydrogens is 433 g/mol. The minimum atomic E-state index is -0.0885. The molecule has 0 atom stereocenters. The molecule has 7 heteroatoms. The molecule has 1 aliphatic carbocycles. The highest BCUT2D eigenvalue weighted by molar-refractivity contribution is 14.0. The van der Waals surface area contributed by atoms with Crippen LogP contribution < -0.4 is 5.32 Å². The van der Waals surface area contributed by atoms with E-state index in [9.17, 15) is 4.79 Å². The topological polar surface area (TPSA) is 63.2 Å². The summed E-state index contributed by atoms with van der Waals surface area (Å²) in [5.41, 5.74) is 0. The predicted octanol–water partition coefficient (Wildman–Crippen LogP) is 2.80. The second kappa shape index (κ2) is 12.7. The van der Waals surface area contributed by atoms with E-state index in [1.54, 1.807) is 7.05 Å². The number of esters is 1. The van der Waals surface area contributed by atoms with Gasteiger partial charge < -0.3 is 19.7 Å². The summed E-state index contributed by atoms with van der Waals surface area (Å²) in [6.07, 6.45) is 9.80. The summed E-state index contributed by atoms with van der Waals surface area (Å²) in [5.74, 6) is 0.847. The first-order valence-electron chi connectivity index (χ1n) is 9.39. The van der Waals surface area contributed by atoms with E-state index in [2.05, 4.69) is 15.2 Å². The highest BCUT2D eigenvalue weighted by Crippen LogP contribution is 2.20. The van der Waals surface area contributed by atoms with Gasteiger partial charge in [0.2, 0.25) is 0 Å². The van der Waals surface area contributed by atoms with Crippen LogP contribution in [0, 0.1) is 5.92 Å². The molecule has 1 heterocycles. The van der Waals surface area contributed by atoms with E-state index < -0.39 is 0 Å². The molecule has 1 saturated heterocycles. The number of carbonyl (C=O) groups excluding carboxylic acids is 1. The standard InChI is InChI=1S/C18H33N3O3.HI/c1-19-18(21-12-9-15(10-13-21)17(22)23-2)20-11-14-24-16-7-5-3-4-6-8-16;/h15-16H,3-14H2,1-2H3,(H,19,20);1H. The average Bonchev–Trinajstić information content (AvgIpc) is 2.90. The van der Waals surface area contributed by atoms with Crippen molar-refractivity contribution in [3.63, 3.8) is 0 Å². The zero-order valence-corrected chi connectivity index (χ0v) is 18.0. The van der Waals surface area contributed by atoms with Gasteiger partial charge in [0, 0.05) is 26.7 Å². The fraction of sp³-hybridized carbons (Fsp3) is 0.889. The monoisotopic (exact) mass is 467 g/mol. The van der Waals surface area contributed by atoms with Crippen LogP contribution in [0.15, 0.2) is 4.99 Å². The lowest BCUT2D eigenvalue weighted by molar-refractivity contribution is -0.146. The van der Waals surface area contributed by atoms with Crippen LogP contribution in [0.3, 0.4) is 0 Å². The van der Waals surface area contributed by atoms with Crippen molar-refractivity contribution in [3.05, 3.63) is 0 Å². The number of rotatable bonds is 5. The van der Waals surface area contributed by atoms with Gasteiger partial charge in [-0.15, -0.1) is 24.0 Å². The molecule has 2 fully saturated rings. The Bertz CT molecular complexity index is 404. The minimum Gasteiger partial charge on any atom is -0.469 e. The van der Waals surface area contributed by atoms with E-state index in [1.165, 1.54) is 45.6 Å². The van der Waals surface area contributed by atoms with Crippen LogP contribution >= 0.6 is 24.0 Å². The lowest BCUT2D eigenvalue weighted by atomic mass is 9.97. The van der Waals surface area contributed by atoms with Crippen molar-refractivity contribution in [3.8, 4) is 0 Å². The van der Waals surface area contributed by atoms with Crippen LogP contribution in [-0.2, 0) is 14.3 Å². The minimum absolute atomic E-state index is 0. The zero-order chi connectivity index (χ0) is 17.2. The van der Waals surface area contributed by atoms with Gasteiger partial charge in [0.1, 0.15) is 0 Å². The fourth-order valence-electron chi connectivity index (χ4n) is 3.62. The van der Waals surface area contributed by atoms with Gasteiger partial charge in [0.25, 0.3) is 0 Å². The smallest absolute Gasteiger partial charge is 0.308 e. The van der Waals surface area contributed by atoms with Crippen molar-refractivity contribution < 1.29 is 14.3 Å². The Labute approximate surface area is 169 Å². The third-order valence-electron chi connectivity index (χ3n) is 5.08. The maximum absolute atomic E-state index is 11.6. The number of piperidine rings is 1. The molecule has 0 amide bonds. The first-order chi connectivity index (χ1) is 11.7. The summed E-state index contributed by atoms with van der Waals surface area (Å²) in [5, 5.41) is 3.39. The third kappa shape index (κ3) is 7.68. The molecule has 146 valence electrons. The largest absolute Gasteiger partial charge is 0.469 e. The number of hydrogen-bond donors (Lipinski definition) is 1. The Morgan fingerprint density at radius 1 is 1.12 bits per heavy atom. The Kier molecular flexibility index (Phi) is 11.4. The maximum Gasteiger partial charge on any atom is 0.308 e. The van der Waals surface area contributed by atoms with Gasteiger partial charge in [-0.25, -0.2) is 0 Å². The van der Waals surface area contributed by atoms with Crippen molar-refractivity contribution in [2.75, 3.05) is 40.4 Å². The second-order valence-corrected chi connectivity index (χ2v) is 6.74. The molecule has 0 bridgehead atoms. The molecule has 2 aliphatic rings. The van der Waals surface area contributed by atoms with Gasteiger partial charge in [-0.3, -0.25) is 9.79 Å². The summed E-state index contributed by atoms with van der Waals surface area (Å²) in [7, 11) is 3.27. The summed E-state index contributed by atoms with van der Waals surface area (Å²) >= 11 is 0. The molecule has 0 spiro atoms. The Hall–Kier alpha value is -0.570. The average molecular weight is 467 g/mol. The molecule has 0 unspecified atom stereocenters. The molecule has 0 aromatic heterocycles. The highest BCUT2D eigenvalue weighted by atomic mass is 127. The number of nitrogens with one attached hydrogen (secondary N) is 1. The molecule has 0 aromatic rings. The third-order valence-corrected chi connectivity index (χ3v) is 5.08. The van der Waals surface area contributed by atoms with Crippen LogP contribution in [-0.4, -0.2) is 63.3 Å². The van der Waals surface area contributed by atoms with Crippen LogP contribution in [0.2, 0.25) is 0 Å². The molecule has 6 nitrogen and oxygen atoms in total. The summed E-state index contributed by atoms with van der Waals surface area (Å²) < 4.78 is 10.8. The van der Waals surface area contributed by atoms with E-state index >= 15 is 0 Å². The SMILES string of the molecule is CN=C(NCCOC1CCCCCC1)N1CCC(C(=O)OC)CC1.I. The zero-order valence-electron chi connectivity index (χ0n) is 15.7. The Morgan fingerprint density at radius 3 is 2.32 bits per heavy atom. The van der Waals surface area contributed by atoms with Crippen LogP contribution in [0.1, 0.15) is 51.4 Å². The first-order valence-corrected chi connectivity index (χ1v) is 9.39. The van der Waals surface area contributed by atoms with Gasteiger partial charge in [0.05, 0.1) is 25.7 Å². The molecule has 1 N–H and O–H groups in total. The van der Waals surface area contributed by atoms with Crippen LogP contribution in [0.5, 0.6) is 0 Å². The van der Waals surface area contributed by atoms with Gasteiger partial charge in [-0.2, -0.15) is 0 Å². The summed E-state index contributed by atoms with van der Waals surface area (Å²) in [6.45, 7) is 3.17. The number of likely N-dealkylation sites (tertiary alicyclic amines) is 1. The second-order valence-electron chi connectivity index (χ2n) is 6.74. The van der Waals surface area contributed by atoms with Crippen LogP contribution in [0.25, 0.3) is 0 Å². The number of guanidine groups is 1. The predicted molar refractivity (Wildman–Crippen MR) is 111 cm³/mol. The van der Waals surface area contributed by atoms with Crippen LogP contribution in [0.4, 0.5) is 0 Å². The van der Waals surface area contributed by atoms with E-state index in [4.69, 9.17) is 9.47 Å². The van der Waals surface area contributed by atoms with Crippen molar-refractivity contribution in [1.82, 2.24) is 10.2 Å². The van der Waals surface area contributed by atoms with Crippen molar-refractivity contribution in [2.24, 2.45) is 10.9 Å². The first kappa shape index (κ1) is 22.5. The highest BCUT2D eigenvalue weighted by Gasteiger charge is 2.26. The van der Waals surface area contributed by atoms with E-state index in [0.29, 0.717) is 6.10 Å². The molecule has 1 aliphatic heterocycles. The molecule has 0 radical (unpaired) electrons. The number of nitrogens with zero attached hydrogens (tertiary/aromatic N) is 2. The van der Waals surface area contributed by atoms with Gasteiger partial charge in [-0.05, 0) is 25.7 Å². The lowest BCUT2D eigenvalue weighted by Gasteiger charge is -2.33. The normalized spacial score (nSPS) is 20.6. The van der Waals surface area contributed by atoms with Gasteiger partial charge in [0.15, 0.2) is 5.96 Å². The lowest BCUT2D eigenvalue weighted by Crippen LogP contribution is -2.47. The fourth-order valence-corrected chi connectivity index (χ4v) is 3.62. The summed E-state index contributed by atoms with van der Waals surface area (Å²) in [4.78, 5) is 18.2. The van der Waals surface area contributed by atoms with Gasteiger partial charge in [-0.1, -0.05) is 25.7 Å². The van der Waals surface area contributed by atoms with E-state index in [0.717, 1.165) is 45.0 Å². The maximum atomic E-state index is 11.6. The molecule has 2 rings (SSSR count). The Balaban J connectivity index is 0.00000312. The quantitative estimate of drug-likeness (QED) is 0.168. The van der Waals surface area contributed by atoms with E-state index in [1.807, 2.05) is 0 Å². The number of carbonyl (C=O) groups is 1. The molecular formula is C18H34IN3O3. The van der Waals surface area contributed by atoms with Gasteiger partial charge >= 0.3 is 5.97 Å². The number of halogens is 1. The summed E-state index contributed by atoms with van der Waals surface area (Å²) in [6, 6.07) is 0. The number of ether oxygens (including phenoxy) is 2. The molecule has 1 saturated carbocycles. The number of aliphatic imine (C=N–C) groups is 1. The molecule has 0 aromatic carbocycles.